The van der Waals surface area contributed by atoms with Crippen molar-refractivity contribution in [2.45, 2.75) is 12.5 Å². The highest BCUT2D eigenvalue weighted by Crippen LogP contribution is 2.25. The highest BCUT2D eigenvalue weighted by atomic mass is 79.9. The molecule has 4 nitrogen and oxygen atoms in total. The molecule has 6 heteroatoms. The van der Waals surface area contributed by atoms with Gasteiger partial charge in [-0.2, -0.15) is 0 Å². The summed E-state index contributed by atoms with van der Waals surface area (Å²) in [6.45, 7) is 1.64. The number of benzene rings is 1. The maximum Gasteiger partial charge on any atom is 0.211 e. The second-order valence-corrected chi connectivity index (χ2v) is 7.61. The van der Waals surface area contributed by atoms with E-state index in [2.05, 4.69) is 26.9 Å². The third-order valence-electron chi connectivity index (χ3n) is 3.37. The highest BCUT2D eigenvalue weighted by molar-refractivity contribution is 9.10. The van der Waals surface area contributed by atoms with Gasteiger partial charge in [-0.05, 0) is 24.6 Å². The van der Waals surface area contributed by atoms with E-state index in [1.807, 2.05) is 18.2 Å². The van der Waals surface area contributed by atoms with Crippen molar-refractivity contribution in [3.8, 4) is 0 Å². The summed E-state index contributed by atoms with van der Waals surface area (Å²) in [5.74, 6) is 0. The molecule has 1 aliphatic rings. The molecular formula is C12H17BrN2O2S. The first-order valence-corrected chi connectivity index (χ1v) is 8.45. The summed E-state index contributed by atoms with van der Waals surface area (Å²) in [6, 6.07) is 8.15. The second-order valence-electron chi connectivity index (χ2n) is 4.65. The van der Waals surface area contributed by atoms with Gasteiger partial charge in [0.2, 0.25) is 10.0 Å². The zero-order valence-electron chi connectivity index (χ0n) is 10.5. The first-order chi connectivity index (χ1) is 8.38. The molecular weight excluding hydrogens is 316 g/mol. The minimum absolute atomic E-state index is 0.0685. The fourth-order valence-corrected chi connectivity index (χ4v) is 3.32. The lowest BCUT2D eigenvalue weighted by Gasteiger charge is -2.23. The molecule has 1 unspecified atom stereocenters. The molecule has 18 heavy (non-hydrogen) atoms. The molecule has 1 saturated heterocycles. The number of anilines is 1. The first-order valence-electron chi connectivity index (χ1n) is 5.81. The van der Waals surface area contributed by atoms with Crippen LogP contribution < -0.4 is 4.90 Å². The van der Waals surface area contributed by atoms with Crippen LogP contribution in [-0.4, -0.2) is 45.2 Å². The van der Waals surface area contributed by atoms with Crippen LogP contribution in [0.4, 0.5) is 5.69 Å². The third-order valence-corrected chi connectivity index (χ3v) is 5.21. The molecule has 1 aliphatic heterocycles. The van der Waals surface area contributed by atoms with Crippen LogP contribution in [0.1, 0.15) is 6.42 Å². The molecule has 0 radical (unpaired) electrons. The standard InChI is InChI=1S/C12H17BrN2O2S/c1-14(18(2,16)17)12-6-7-15(9-12)11-5-3-4-10(13)8-11/h3-5,8,12H,6-7,9H2,1-2H3. The van der Waals surface area contributed by atoms with E-state index >= 15 is 0 Å². The smallest absolute Gasteiger partial charge is 0.211 e. The molecule has 100 valence electrons. The number of likely N-dealkylation sites (N-methyl/N-ethyl adjacent to an activating group) is 1. The third kappa shape index (κ3) is 3.05. The van der Waals surface area contributed by atoms with Crippen molar-refractivity contribution >= 4 is 31.6 Å². The number of hydrogen-bond donors (Lipinski definition) is 0. The van der Waals surface area contributed by atoms with Crippen LogP contribution in [0.15, 0.2) is 28.7 Å². The number of rotatable bonds is 3. The second kappa shape index (κ2) is 5.19. The fraction of sp³-hybridized carbons (Fsp3) is 0.500. The molecule has 1 heterocycles. The minimum atomic E-state index is -3.10. The fourth-order valence-electron chi connectivity index (χ4n) is 2.22. The van der Waals surface area contributed by atoms with Gasteiger partial charge >= 0.3 is 0 Å². The molecule has 0 aliphatic carbocycles. The largest absolute Gasteiger partial charge is 0.370 e. The SMILES string of the molecule is CN(C1CCN(c2cccc(Br)c2)C1)S(C)(=O)=O. The Morgan fingerprint density at radius 3 is 2.78 bits per heavy atom. The van der Waals surface area contributed by atoms with E-state index in [4.69, 9.17) is 0 Å². The average molecular weight is 333 g/mol. The van der Waals surface area contributed by atoms with E-state index in [9.17, 15) is 8.42 Å². The zero-order chi connectivity index (χ0) is 13.3. The molecule has 1 fully saturated rings. The molecule has 1 aromatic rings. The normalized spacial score (nSPS) is 20.7. The van der Waals surface area contributed by atoms with Gasteiger partial charge in [0.25, 0.3) is 0 Å². The topological polar surface area (TPSA) is 40.6 Å². The van der Waals surface area contributed by atoms with E-state index < -0.39 is 10.0 Å². The van der Waals surface area contributed by atoms with Gasteiger partial charge in [0.05, 0.1) is 6.26 Å². The Morgan fingerprint density at radius 1 is 1.44 bits per heavy atom. The summed E-state index contributed by atoms with van der Waals surface area (Å²) in [6.07, 6.45) is 2.13. The summed E-state index contributed by atoms with van der Waals surface area (Å²) >= 11 is 3.45. The van der Waals surface area contributed by atoms with Gasteiger partial charge in [-0.25, -0.2) is 12.7 Å². The highest BCUT2D eigenvalue weighted by Gasteiger charge is 2.30. The van der Waals surface area contributed by atoms with Crippen LogP contribution in [-0.2, 0) is 10.0 Å². The maximum absolute atomic E-state index is 11.5. The lowest BCUT2D eigenvalue weighted by Crippen LogP contribution is -2.38. The van der Waals surface area contributed by atoms with Gasteiger partial charge in [-0.15, -0.1) is 0 Å². The van der Waals surface area contributed by atoms with E-state index in [1.165, 1.54) is 10.6 Å². The molecule has 0 aromatic heterocycles. The summed E-state index contributed by atoms with van der Waals surface area (Å²) in [5, 5.41) is 0. The monoisotopic (exact) mass is 332 g/mol. The van der Waals surface area contributed by atoms with Crippen LogP contribution in [0.2, 0.25) is 0 Å². The van der Waals surface area contributed by atoms with Crippen LogP contribution in [0.3, 0.4) is 0 Å². The van der Waals surface area contributed by atoms with Crippen molar-refractivity contribution in [2.75, 3.05) is 31.3 Å². The Bertz CT molecular complexity index is 533. The van der Waals surface area contributed by atoms with Gasteiger partial charge in [0, 0.05) is 36.3 Å². The van der Waals surface area contributed by atoms with Crippen molar-refractivity contribution in [1.82, 2.24) is 4.31 Å². The molecule has 1 aromatic carbocycles. The first kappa shape index (κ1) is 13.8. The summed E-state index contributed by atoms with van der Waals surface area (Å²) in [4.78, 5) is 2.22. The molecule has 0 spiro atoms. The van der Waals surface area contributed by atoms with Crippen molar-refractivity contribution in [3.05, 3.63) is 28.7 Å². The molecule has 0 amide bonds. The minimum Gasteiger partial charge on any atom is -0.370 e. The Morgan fingerprint density at radius 2 is 2.17 bits per heavy atom. The van der Waals surface area contributed by atoms with Crippen molar-refractivity contribution in [3.63, 3.8) is 0 Å². The Kier molecular flexibility index (Phi) is 3.99. The van der Waals surface area contributed by atoms with E-state index in [0.29, 0.717) is 0 Å². The van der Waals surface area contributed by atoms with Crippen molar-refractivity contribution in [2.24, 2.45) is 0 Å². The zero-order valence-corrected chi connectivity index (χ0v) is 12.9. The number of nitrogens with zero attached hydrogens (tertiary/aromatic N) is 2. The summed E-state index contributed by atoms with van der Waals surface area (Å²) in [5.41, 5.74) is 1.13. The molecule has 0 N–H and O–H groups in total. The lowest BCUT2D eigenvalue weighted by molar-refractivity contribution is 0.393. The van der Waals surface area contributed by atoms with Crippen LogP contribution in [0.25, 0.3) is 0 Å². The number of hydrogen-bond acceptors (Lipinski definition) is 3. The quantitative estimate of drug-likeness (QED) is 0.849. The Labute approximate surface area is 117 Å². The van der Waals surface area contributed by atoms with Gasteiger partial charge in [-0.1, -0.05) is 22.0 Å². The maximum atomic E-state index is 11.5. The molecule has 0 saturated carbocycles. The van der Waals surface area contributed by atoms with Crippen LogP contribution in [0, 0.1) is 0 Å². The van der Waals surface area contributed by atoms with Gasteiger partial charge in [0.1, 0.15) is 0 Å². The summed E-state index contributed by atoms with van der Waals surface area (Å²) < 4.78 is 25.5. The van der Waals surface area contributed by atoms with Gasteiger partial charge in [0.15, 0.2) is 0 Å². The molecule has 1 atom stereocenters. The van der Waals surface area contributed by atoms with Gasteiger partial charge in [-0.3, -0.25) is 0 Å². The average Bonchev–Trinajstić information content (AvgIpc) is 2.75. The lowest BCUT2D eigenvalue weighted by atomic mass is 10.3. The van der Waals surface area contributed by atoms with E-state index in [-0.39, 0.29) is 6.04 Å². The predicted octanol–water partition coefficient (Wildman–Crippen LogP) is 1.92. The summed E-state index contributed by atoms with van der Waals surface area (Å²) in [7, 11) is -1.45. The van der Waals surface area contributed by atoms with E-state index in [0.717, 1.165) is 29.7 Å². The van der Waals surface area contributed by atoms with Crippen molar-refractivity contribution < 1.29 is 8.42 Å². The van der Waals surface area contributed by atoms with E-state index in [1.54, 1.807) is 7.05 Å². The van der Waals surface area contributed by atoms with Crippen LogP contribution in [0.5, 0.6) is 0 Å². The molecule has 0 bridgehead atoms. The molecule has 2 rings (SSSR count). The van der Waals surface area contributed by atoms with Gasteiger partial charge < -0.3 is 4.90 Å². The number of halogens is 1. The predicted molar refractivity (Wildman–Crippen MR) is 77.4 cm³/mol. The number of sulfonamides is 1. The van der Waals surface area contributed by atoms with Crippen LogP contribution >= 0.6 is 15.9 Å². The van der Waals surface area contributed by atoms with Crippen molar-refractivity contribution in [1.29, 1.82) is 0 Å². The Hall–Kier alpha value is -0.590. The Balaban J connectivity index is 2.09.